The Balaban J connectivity index is 1.47. The fraction of sp³-hybridized carbons (Fsp3) is 0.579. The molecule has 1 aromatic carbocycles. The van der Waals surface area contributed by atoms with Crippen LogP contribution in [0.1, 0.15) is 36.8 Å². The first-order chi connectivity index (χ1) is 11.6. The van der Waals surface area contributed by atoms with Gasteiger partial charge in [-0.1, -0.05) is 24.3 Å². The minimum atomic E-state index is 0.0617. The first-order valence-corrected chi connectivity index (χ1v) is 8.96. The maximum atomic E-state index is 12.3. The van der Waals surface area contributed by atoms with E-state index in [1.54, 1.807) is 0 Å². The Bertz CT molecular complexity index is 602. The van der Waals surface area contributed by atoms with E-state index in [2.05, 4.69) is 23.2 Å². The van der Waals surface area contributed by atoms with E-state index in [0.717, 1.165) is 44.5 Å². The van der Waals surface area contributed by atoms with Crippen LogP contribution < -0.4 is 5.32 Å². The van der Waals surface area contributed by atoms with Gasteiger partial charge in [0, 0.05) is 32.1 Å². The average Bonchev–Trinajstić information content (AvgIpc) is 3.00. The van der Waals surface area contributed by atoms with Gasteiger partial charge in [0.1, 0.15) is 0 Å². The molecule has 5 heteroatoms. The van der Waals surface area contributed by atoms with Gasteiger partial charge in [0.2, 0.25) is 11.8 Å². The zero-order chi connectivity index (χ0) is 16.9. The summed E-state index contributed by atoms with van der Waals surface area (Å²) in [6, 6.07) is 8.40. The molecule has 1 atom stereocenters. The highest BCUT2D eigenvalue weighted by molar-refractivity contribution is 5.79. The summed E-state index contributed by atoms with van der Waals surface area (Å²) >= 11 is 0. The molecule has 0 radical (unpaired) electrons. The number of nitrogens with zero attached hydrogens (tertiary/aromatic N) is 2. The lowest BCUT2D eigenvalue weighted by atomic mass is 10.0. The lowest BCUT2D eigenvalue weighted by Gasteiger charge is -2.37. The van der Waals surface area contributed by atoms with Crippen LogP contribution in [0, 0.1) is 6.92 Å². The predicted molar refractivity (Wildman–Crippen MR) is 93.4 cm³/mol. The smallest absolute Gasteiger partial charge is 0.234 e. The summed E-state index contributed by atoms with van der Waals surface area (Å²) in [6.07, 6.45) is 3.78. The summed E-state index contributed by atoms with van der Waals surface area (Å²) in [5.41, 5.74) is 2.36. The molecule has 0 aliphatic carbocycles. The Labute approximate surface area is 144 Å². The summed E-state index contributed by atoms with van der Waals surface area (Å²) in [4.78, 5) is 28.4. The first-order valence-electron chi connectivity index (χ1n) is 8.96. The molecule has 2 fully saturated rings. The van der Waals surface area contributed by atoms with Crippen LogP contribution in [-0.2, 0) is 16.1 Å². The van der Waals surface area contributed by atoms with Crippen LogP contribution in [0.4, 0.5) is 0 Å². The molecule has 3 rings (SSSR count). The van der Waals surface area contributed by atoms with Crippen molar-refractivity contribution in [3.8, 4) is 0 Å². The fourth-order valence-corrected chi connectivity index (χ4v) is 3.75. The molecule has 0 aromatic heterocycles. The predicted octanol–water partition coefficient (Wildman–Crippen LogP) is 1.70. The number of carbonyl (C=O) groups is 2. The normalized spacial score (nSPS) is 22.0. The molecule has 2 saturated heterocycles. The van der Waals surface area contributed by atoms with Crippen LogP contribution in [0.5, 0.6) is 0 Å². The van der Waals surface area contributed by atoms with E-state index in [1.807, 2.05) is 23.1 Å². The molecule has 2 amide bonds. The molecule has 1 N–H and O–H groups in total. The van der Waals surface area contributed by atoms with Gasteiger partial charge >= 0.3 is 0 Å². The van der Waals surface area contributed by atoms with Crippen molar-refractivity contribution in [1.29, 1.82) is 0 Å². The number of likely N-dealkylation sites (tertiary alicyclic amines) is 2. The van der Waals surface area contributed by atoms with E-state index < -0.39 is 0 Å². The molecule has 0 spiro atoms. The van der Waals surface area contributed by atoms with E-state index in [0.29, 0.717) is 19.5 Å². The van der Waals surface area contributed by atoms with E-state index in [1.165, 1.54) is 5.56 Å². The second-order valence-electron chi connectivity index (χ2n) is 6.93. The summed E-state index contributed by atoms with van der Waals surface area (Å²) < 4.78 is 0. The lowest BCUT2D eigenvalue weighted by Crippen LogP contribution is -2.50. The highest BCUT2D eigenvalue weighted by Gasteiger charge is 2.31. The number of piperidine rings is 1. The number of rotatable bonds is 5. The Morgan fingerprint density at radius 3 is 2.83 bits per heavy atom. The molecule has 2 heterocycles. The quantitative estimate of drug-likeness (QED) is 0.894. The molecule has 130 valence electrons. The van der Waals surface area contributed by atoms with Gasteiger partial charge in [0.05, 0.1) is 6.54 Å². The molecule has 1 aromatic rings. The SMILES string of the molecule is Cc1ccccc1CNC(=O)CN1CCC[C@H](N2CCCC2=O)C1. The minimum absolute atomic E-state index is 0.0617. The average molecular weight is 329 g/mol. The molecule has 5 nitrogen and oxygen atoms in total. The van der Waals surface area contributed by atoms with E-state index in [9.17, 15) is 9.59 Å². The van der Waals surface area contributed by atoms with Gasteiger partial charge in [0.25, 0.3) is 0 Å². The van der Waals surface area contributed by atoms with Gasteiger partial charge in [-0.3, -0.25) is 14.5 Å². The monoisotopic (exact) mass is 329 g/mol. The van der Waals surface area contributed by atoms with Crippen molar-refractivity contribution in [2.45, 2.75) is 45.2 Å². The van der Waals surface area contributed by atoms with Gasteiger partial charge in [-0.25, -0.2) is 0 Å². The van der Waals surface area contributed by atoms with Gasteiger partial charge in [-0.15, -0.1) is 0 Å². The zero-order valence-electron chi connectivity index (χ0n) is 14.5. The largest absolute Gasteiger partial charge is 0.351 e. The maximum absolute atomic E-state index is 12.3. The molecular formula is C19H27N3O2. The number of hydrogen-bond donors (Lipinski definition) is 1. The van der Waals surface area contributed by atoms with Crippen molar-refractivity contribution < 1.29 is 9.59 Å². The number of amides is 2. The fourth-order valence-electron chi connectivity index (χ4n) is 3.75. The van der Waals surface area contributed by atoms with Gasteiger partial charge in [0.15, 0.2) is 0 Å². The highest BCUT2D eigenvalue weighted by Crippen LogP contribution is 2.21. The van der Waals surface area contributed by atoms with Crippen LogP contribution in [0.15, 0.2) is 24.3 Å². The molecule has 2 aliphatic rings. The van der Waals surface area contributed by atoms with Crippen molar-refractivity contribution in [3.63, 3.8) is 0 Å². The highest BCUT2D eigenvalue weighted by atomic mass is 16.2. The van der Waals surface area contributed by atoms with E-state index in [4.69, 9.17) is 0 Å². The maximum Gasteiger partial charge on any atom is 0.234 e. The third-order valence-corrected chi connectivity index (χ3v) is 5.14. The summed E-state index contributed by atoms with van der Waals surface area (Å²) in [6.45, 7) is 5.71. The molecule has 24 heavy (non-hydrogen) atoms. The lowest BCUT2D eigenvalue weighted by molar-refractivity contribution is -0.130. The Kier molecular flexibility index (Phi) is 5.51. The van der Waals surface area contributed by atoms with E-state index >= 15 is 0 Å². The standard InChI is InChI=1S/C19H27N3O2/c1-15-6-2-3-7-16(15)12-20-18(23)14-21-10-4-8-17(13-21)22-11-5-9-19(22)24/h2-3,6-7,17H,4-5,8-14H2,1H3,(H,20,23)/t17-/m0/s1. The minimum Gasteiger partial charge on any atom is -0.351 e. The van der Waals surface area contributed by atoms with Crippen LogP contribution in [0.2, 0.25) is 0 Å². The van der Waals surface area contributed by atoms with Crippen LogP contribution >= 0.6 is 0 Å². The van der Waals surface area contributed by atoms with Gasteiger partial charge < -0.3 is 10.2 Å². The molecule has 0 saturated carbocycles. The number of benzene rings is 1. The third-order valence-electron chi connectivity index (χ3n) is 5.14. The number of nitrogens with one attached hydrogen (secondary N) is 1. The first kappa shape index (κ1) is 17.0. The number of aryl methyl sites for hydroxylation is 1. The molecule has 2 aliphatic heterocycles. The third kappa shape index (κ3) is 4.15. The van der Waals surface area contributed by atoms with Crippen molar-refractivity contribution in [1.82, 2.24) is 15.1 Å². The van der Waals surface area contributed by atoms with Gasteiger partial charge in [-0.2, -0.15) is 0 Å². The van der Waals surface area contributed by atoms with Crippen molar-refractivity contribution in [2.24, 2.45) is 0 Å². The number of carbonyl (C=O) groups excluding carboxylic acids is 2. The summed E-state index contributed by atoms with van der Waals surface area (Å²) in [5.74, 6) is 0.345. The second kappa shape index (κ2) is 7.79. The topological polar surface area (TPSA) is 52.7 Å². The molecule has 0 unspecified atom stereocenters. The van der Waals surface area contributed by atoms with E-state index in [-0.39, 0.29) is 17.9 Å². The van der Waals surface area contributed by atoms with Crippen molar-refractivity contribution >= 4 is 11.8 Å². The molecular weight excluding hydrogens is 302 g/mol. The van der Waals surface area contributed by atoms with Gasteiger partial charge in [-0.05, 0) is 43.9 Å². The Morgan fingerprint density at radius 2 is 2.08 bits per heavy atom. The van der Waals surface area contributed by atoms with Crippen LogP contribution in [0.3, 0.4) is 0 Å². The van der Waals surface area contributed by atoms with Crippen LogP contribution in [0.25, 0.3) is 0 Å². The number of hydrogen-bond acceptors (Lipinski definition) is 3. The zero-order valence-corrected chi connectivity index (χ0v) is 14.5. The molecule has 0 bridgehead atoms. The Morgan fingerprint density at radius 1 is 1.25 bits per heavy atom. The van der Waals surface area contributed by atoms with Crippen molar-refractivity contribution in [2.75, 3.05) is 26.2 Å². The van der Waals surface area contributed by atoms with Crippen LogP contribution in [-0.4, -0.2) is 53.8 Å². The summed E-state index contributed by atoms with van der Waals surface area (Å²) in [5, 5.41) is 3.02. The second-order valence-corrected chi connectivity index (χ2v) is 6.93. The Hall–Kier alpha value is -1.88. The van der Waals surface area contributed by atoms with Crippen molar-refractivity contribution in [3.05, 3.63) is 35.4 Å². The summed E-state index contributed by atoms with van der Waals surface area (Å²) in [7, 11) is 0.